The Kier molecular flexibility index (Phi) is 7.13. The molecule has 2 heterocycles. The van der Waals surface area contributed by atoms with Crippen LogP contribution in [-0.4, -0.2) is 59.9 Å². The maximum Gasteiger partial charge on any atom is 0.272 e. The minimum Gasteiger partial charge on any atom is -0.369 e. The molecule has 0 saturated carbocycles. The van der Waals surface area contributed by atoms with E-state index in [1.54, 1.807) is 12.1 Å². The fourth-order valence-electron chi connectivity index (χ4n) is 5.22. The second kappa shape index (κ2) is 10.6. The van der Waals surface area contributed by atoms with Crippen molar-refractivity contribution >= 4 is 11.6 Å². The Bertz CT molecular complexity index is 1160. The van der Waals surface area contributed by atoms with Gasteiger partial charge in [0.25, 0.3) is 5.91 Å². The van der Waals surface area contributed by atoms with Crippen LogP contribution in [0, 0.1) is 12.7 Å². The second-order valence-corrected chi connectivity index (χ2v) is 9.65. The van der Waals surface area contributed by atoms with Gasteiger partial charge in [0, 0.05) is 49.7 Å². The number of anilines is 1. The van der Waals surface area contributed by atoms with Crippen LogP contribution in [0.1, 0.15) is 46.6 Å². The number of nitrogens with zero attached hydrogens (tertiary/aromatic N) is 4. The first-order valence-electron chi connectivity index (χ1n) is 12.8. The molecule has 2 aromatic carbocycles. The molecule has 2 aliphatic rings. The number of aryl methyl sites for hydroxylation is 1. The number of halogens is 1. The Labute approximate surface area is 206 Å². The number of benzene rings is 2. The van der Waals surface area contributed by atoms with Crippen molar-refractivity contribution in [1.82, 2.24) is 20.0 Å². The summed E-state index contributed by atoms with van der Waals surface area (Å²) in [5, 5.41) is 7.68. The summed E-state index contributed by atoms with van der Waals surface area (Å²) in [6, 6.07) is 15.0. The molecule has 0 spiro atoms. The molecule has 0 bridgehead atoms. The Morgan fingerprint density at radius 3 is 2.57 bits per heavy atom. The molecule has 5 rings (SSSR count). The van der Waals surface area contributed by atoms with Crippen LogP contribution in [0.3, 0.4) is 0 Å². The van der Waals surface area contributed by atoms with Gasteiger partial charge in [0.2, 0.25) is 0 Å². The molecule has 1 aliphatic heterocycles. The Balaban J connectivity index is 1.07. The van der Waals surface area contributed by atoms with Gasteiger partial charge in [0.05, 0.1) is 5.69 Å². The molecule has 1 fully saturated rings. The zero-order valence-corrected chi connectivity index (χ0v) is 20.5. The van der Waals surface area contributed by atoms with Crippen LogP contribution in [0.15, 0.2) is 48.5 Å². The van der Waals surface area contributed by atoms with Gasteiger partial charge in [-0.25, -0.2) is 9.07 Å². The third-order valence-corrected chi connectivity index (χ3v) is 7.14. The van der Waals surface area contributed by atoms with E-state index in [0.29, 0.717) is 12.2 Å². The van der Waals surface area contributed by atoms with E-state index in [1.807, 2.05) is 4.68 Å². The van der Waals surface area contributed by atoms with Crippen molar-refractivity contribution in [3.63, 3.8) is 0 Å². The maximum atomic E-state index is 13.3. The van der Waals surface area contributed by atoms with E-state index < -0.39 is 0 Å². The molecule has 184 valence electrons. The Hall–Kier alpha value is -3.19. The number of hydrogen-bond acceptors (Lipinski definition) is 4. The van der Waals surface area contributed by atoms with Gasteiger partial charge in [0.15, 0.2) is 5.69 Å². The van der Waals surface area contributed by atoms with Crippen LogP contribution in [-0.2, 0) is 12.8 Å². The highest BCUT2D eigenvalue weighted by Gasteiger charge is 2.26. The van der Waals surface area contributed by atoms with Crippen LogP contribution >= 0.6 is 0 Å². The number of nitrogens with one attached hydrogen (secondary N) is 1. The minimum absolute atomic E-state index is 0.101. The summed E-state index contributed by atoms with van der Waals surface area (Å²) in [7, 11) is 0. The molecule has 0 atom stereocenters. The zero-order chi connectivity index (χ0) is 24.2. The highest BCUT2D eigenvalue weighted by Crippen LogP contribution is 2.28. The summed E-state index contributed by atoms with van der Waals surface area (Å²) in [6.45, 7) is 8.12. The number of fused-ring (bicyclic) bond motifs is 1. The van der Waals surface area contributed by atoms with Gasteiger partial charge < -0.3 is 10.2 Å². The predicted molar refractivity (Wildman–Crippen MR) is 137 cm³/mol. The number of piperazine rings is 1. The molecule has 6 nitrogen and oxygen atoms in total. The van der Waals surface area contributed by atoms with Crippen molar-refractivity contribution in [2.75, 3.05) is 44.2 Å². The Morgan fingerprint density at radius 2 is 1.80 bits per heavy atom. The van der Waals surface area contributed by atoms with Crippen LogP contribution in [0.4, 0.5) is 10.1 Å². The van der Waals surface area contributed by atoms with E-state index in [9.17, 15) is 9.18 Å². The number of aromatic nitrogens is 2. The van der Waals surface area contributed by atoms with Crippen molar-refractivity contribution in [3.05, 3.63) is 76.9 Å². The molecule has 3 aromatic rings. The SMILES string of the molecule is Cc1cccc(N2CCN(CCCCNC(=O)c3nn(-c4ccc(F)cc4)c4c3CCC4)CC2)c1. The van der Waals surface area contributed by atoms with Crippen molar-refractivity contribution in [3.8, 4) is 5.69 Å². The number of amides is 1. The third kappa shape index (κ3) is 5.40. The smallest absolute Gasteiger partial charge is 0.272 e. The van der Waals surface area contributed by atoms with E-state index >= 15 is 0 Å². The largest absolute Gasteiger partial charge is 0.369 e. The van der Waals surface area contributed by atoms with Crippen molar-refractivity contribution in [2.24, 2.45) is 0 Å². The van der Waals surface area contributed by atoms with Gasteiger partial charge in [-0.1, -0.05) is 12.1 Å². The molecule has 1 aliphatic carbocycles. The summed E-state index contributed by atoms with van der Waals surface area (Å²) in [5.74, 6) is -0.376. The number of hydrogen-bond donors (Lipinski definition) is 1. The minimum atomic E-state index is -0.274. The van der Waals surface area contributed by atoms with E-state index in [1.165, 1.54) is 23.4 Å². The lowest BCUT2D eigenvalue weighted by Gasteiger charge is -2.36. The lowest BCUT2D eigenvalue weighted by molar-refractivity contribution is 0.0946. The normalized spacial score (nSPS) is 15.9. The molecule has 1 amide bonds. The monoisotopic (exact) mass is 475 g/mol. The van der Waals surface area contributed by atoms with E-state index in [0.717, 1.165) is 81.8 Å². The van der Waals surface area contributed by atoms with Crippen molar-refractivity contribution in [1.29, 1.82) is 0 Å². The Morgan fingerprint density at radius 1 is 1.00 bits per heavy atom. The fraction of sp³-hybridized carbons (Fsp3) is 0.429. The predicted octanol–water partition coefficient (Wildman–Crippen LogP) is 4.14. The molecular formula is C28H34FN5O. The highest BCUT2D eigenvalue weighted by atomic mass is 19.1. The highest BCUT2D eigenvalue weighted by molar-refractivity contribution is 5.94. The number of unbranched alkanes of at least 4 members (excludes halogenated alkanes) is 1. The first-order chi connectivity index (χ1) is 17.1. The fourth-order valence-corrected chi connectivity index (χ4v) is 5.22. The van der Waals surface area contributed by atoms with Crippen LogP contribution in [0.2, 0.25) is 0 Å². The van der Waals surface area contributed by atoms with E-state index in [2.05, 4.69) is 51.4 Å². The number of carbonyl (C=O) groups excluding carboxylic acids is 1. The van der Waals surface area contributed by atoms with Gasteiger partial charge in [-0.2, -0.15) is 5.10 Å². The summed E-state index contributed by atoms with van der Waals surface area (Å²) in [4.78, 5) is 17.9. The van der Waals surface area contributed by atoms with Crippen molar-refractivity contribution < 1.29 is 9.18 Å². The van der Waals surface area contributed by atoms with Crippen LogP contribution < -0.4 is 10.2 Å². The van der Waals surface area contributed by atoms with Gasteiger partial charge in [-0.05, 0) is 87.5 Å². The van der Waals surface area contributed by atoms with Gasteiger partial charge in [-0.3, -0.25) is 9.69 Å². The molecule has 1 saturated heterocycles. The molecule has 1 N–H and O–H groups in total. The summed E-state index contributed by atoms with van der Waals surface area (Å²) < 4.78 is 15.1. The van der Waals surface area contributed by atoms with Crippen LogP contribution in [0.25, 0.3) is 5.69 Å². The number of carbonyl (C=O) groups is 1. The molecule has 1 aromatic heterocycles. The van der Waals surface area contributed by atoms with E-state index in [-0.39, 0.29) is 11.7 Å². The summed E-state index contributed by atoms with van der Waals surface area (Å²) >= 11 is 0. The van der Waals surface area contributed by atoms with Gasteiger partial charge in [0.1, 0.15) is 5.82 Å². The van der Waals surface area contributed by atoms with Gasteiger partial charge >= 0.3 is 0 Å². The first-order valence-corrected chi connectivity index (χ1v) is 12.8. The van der Waals surface area contributed by atoms with Crippen LogP contribution in [0.5, 0.6) is 0 Å². The van der Waals surface area contributed by atoms with Crippen molar-refractivity contribution in [2.45, 2.75) is 39.0 Å². The maximum absolute atomic E-state index is 13.3. The van der Waals surface area contributed by atoms with E-state index in [4.69, 9.17) is 0 Å². The standard InChI is InChI=1S/C28H34FN5O/c1-21-6-4-7-24(20-21)33-18-16-32(17-19-33)15-3-2-14-30-28(35)27-25-8-5-9-26(25)34(31-27)23-12-10-22(29)11-13-23/h4,6-7,10-13,20H,2-3,5,8-9,14-19H2,1H3,(H,30,35). The third-order valence-electron chi connectivity index (χ3n) is 7.14. The molecule has 0 radical (unpaired) electrons. The quantitative estimate of drug-likeness (QED) is 0.498. The second-order valence-electron chi connectivity index (χ2n) is 9.65. The topological polar surface area (TPSA) is 53.4 Å². The number of rotatable bonds is 8. The average molecular weight is 476 g/mol. The van der Waals surface area contributed by atoms with Gasteiger partial charge in [-0.15, -0.1) is 0 Å². The first kappa shape index (κ1) is 23.5. The molecular weight excluding hydrogens is 441 g/mol. The lowest BCUT2D eigenvalue weighted by Crippen LogP contribution is -2.46. The summed E-state index contributed by atoms with van der Waals surface area (Å²) in [6.07, 6.45) is 4.79. The molecule has 7 heteroatoms. The zero-order valence-electron chi connectivity index (χ0n) is 20.5. The molecule has 0 unspecified atom stereocenters. The summed E-state index contributed by atoms with van der Waals surface area (Å²) in [5.41, 5.74) is 6.06. The average Bonchev–Trinajstić information content (AvgIpc) is 3.48. The lowest BCUT2D eigenvalue weighted by atomic mass is 10.2. The molecule has 35 heavy (non-hydrogen) atoms.